The minimum atomic E-state index is -0.386. The van der Waals surface area contributed by atoms with Crippen molar-refractivity contribution in [3.8, 4) is 11.8 Å². The average Bonchev–Trinajstić information content (AvgIpc) is 2.63. The van der Waals surface area contributed by atoms with Crippen LogP contribution in [-0.4, -0.2) is 44.1 Å². The molecule has 0 fully saturated rings. The van der Waals surface area contributed by atoms with Crippen molar-refractivity contribution in [1.82, 2.24) is 15.5 Å². The molecule has 0 aliphatic heterocycles. The number of nitrogens with zero attached hydrogens (tertiary/aromatic N) is 2. The maximum atomic E-state index is 12.0. The van der Waals surface area contributed by atoms with Gasteiger partial charge < -0.3 is 20.3 Å². The fourth-order valence-corrected chi connectivity index (χ4v) is 2.11. The van der Waals surface area contributed by atoms with Gasteiger partial charge in [-0.1, -0.05) is 26.0 Å². The first kappa shape index (κ1) is 19.5. The van der Waals surface area contributed by atoms with Crippen LogP contribution >= 0.6 is 0 Å². The van der Waals surface area contributed by atoms with E-state index < -0.39 is 0 Å². The van der Waals surface area contributed by atoms with E-state index in [4.69, 9.17) is 10.00 Å². The quantitative estimate of drug-likeness (QED) is 0.387. The molecular weight excluding hydrogens is 304 g/mol. The molecule has 0 aliphatic carbocycles. The zero-order chi connectivity index (χ0) is 17.8. The summed E-state index contributed by atoms with van der Waals surface area (Å²) in [5.74, 6) is 0.378. The van der Waals surface area contributed by atoms with Gasteiger partial charge in [0.1, 0.15) is 17.4 Å². The number of amides is 1. The van der Waals surface area contributed by atoms with Gasteiger partial charge in [0.05, 0.1) is 7.11 Å². The Morgan fingerprint density at radius 2 is 1.96 bits per heavy atom. The first-order valence-electron chi connectivity index (χ1n) is 8.11. The maximum absolute atomic E-state index is 12.0. The van der Waals surface area contributed by atoms with Crippen molar-refractivity contribution in [2.24, 2.45) is 0 Å². The highest BCUT2D eigenvalue weighted by atomic mass is 16.5. The largest absolute Gasteiger partial charge is 0.497 e. The van der Waals surface area contributed by atoms with Gasteiger partial charge >= 0.3 is 0 Å². The molecule has 0 radical (unpaired) electrons. The Balaban J connectivity index is 2.44. The Bertz CT molecular complexity index is 572. The van der Waals surface area contributed by atoms with Crippen molar-refractivity contribution in [3.63, 3.8) is 0 Å². The lowest BCUT2D eigenvalue weighted by atomic mass is 10.2. The lowest BCUT2D eigenvalue weighted by molar-refractivity contribution is -0.117. The molecule has 0 saturated heterocycles. The molecule has 6 heteroatoms. The second-order valence-electron chi connectivity index (χ2n) is 5.18. The predicted octanol–water partition coefficient (Wildman–Crippen LogP) is 1.65. The third kappa shape index (κ3) is 6.71. The van der Waals surface area contributed by atoms with Gasteiger partial charge in [-0.05, 0) is 30.8 Å². The summed E-state index contributed by atoms with van der Waals surface area (Å²) < 4.78 is 5.09. The van der Waals surface area contributed by atoms with E-state index in [1.165, 1.54) is 6.20 Å². The molecule has 0 aliphatic rings. The summed E-state index contributed by atoms with van der Waals surface area (Å²) in [5, 5.41) is 14.9. The van der Waals surface area contributed by atoms with Crippen molar-refractivity contribution in [3.05, 3.63) is 41.6 Å². The summed E-state index contributed by atoms with van der Waals surface area (Å²) in [7, 11) is 1.61. The number of carbonyl (C=O) groups is 1. The molecule has 0 spiro atoms. The van der Waals surface area contributed by atoms with Gasteiger partial charge in [-0.25, -0.2) is 0 Å². The molecule has 0 aromatic heterocycles. The fourth-order valence-electron chi connectivity index (χ4n) is 2.11. The molecule has 0 unspecified atom stereocenters. The average molecular weight is 330 g/mol. The van der Waals surface area contributed by atoms with Crippen LogP contribution in [0.15, 0.2) is 36.0 Å². The molecule has 130 valence electrons. The number of methoxy groups -OCH3 is 1. The molecule has 0 saturated carbocycles. The summed E-state index contributed by atoms with van der Waals surface area (Å²) >= 11 is 0. The van der Waals surface area contributed by atoms with E-state index >= 15 is 0 Å². The Morgan fingerprint density at radius 3 is 2.50 bits per heavy atom. The van der Waals surface area contributed by atoms with Crippen LogP contribution in [0, 0.1) is 11.3 Å². The molecule has 24 heavy (non-hydrogen) atoms. The van der Waals surface area contributed by atoms with Gasteiger partial charge in [0.25, 0.3) is 5.91 Å². The standard InChI is InChI=1S/C18H26N4O2/c1-4-22(5-2)11-10-20-14-16(12-19)18(23)21-13-15-6-8-17(24-3)9-7-15/h6-9,14,20H,4-5,10-11,13H2,1-3H3,(H,21,23)/b16-14-. The number of nitriles is 1. The minimum absolute atomic E-state index is 0.0723. The zero-order valence-electron chi connectivity index (χ0n) is 14.6. The van der Waals surface area contributed by atoms with Gasteiger partial charge in [0.15, 0.2) is 0 Å². The first-order valence-corrected chi connectivity index (χ1v) is 8.11. The van der Waals surface area contributed by atoms with Gasteiger partial charge in [0.2, 0.25) is 0 Å². The lowest BCUT2D eigenvalue weighted by Gasteiger charge is -2.17. The van der Waals surface area contributed by atoms with Crippen LogP contribution in [0.5, 0.6) is 5.75 Å². The lowest BCUT2D eigenvalue weighted by Crippen LogP contribution is -2.31. The molecule has 6 nitrogen and oxygen atoms in total. The number of likely N-dealkylation sites (N-methyl/N-ethyl adjacent to an activating group) is 1. The van der Waals surface area contributed by atoms with Crippen molar-refractivity contribution < 1.29 is 9.53 Å². The molecule has 1 aromatic carbocycles. The Labute approximate surface area is 144 Å². The third-order valence-corrected chi connectivity index (χ3v) is 3.69. The Hall–Kier alpha value is -2.52. The molecule has 0 heterocycles. The number of ether oxygens (including phenoxy) is 1. The maximum Gasteiger partial charge on any atom is 0.263 e. The number of carbonyl (C=O) groups excluding carboxylic acids is 1. The molecule has 0 bridgehead atoms. The SMILES string of the molecule is CCN(CC)CCN/C=C(/C#N)C(=O)NCc1ccc(OC)cc1. The van der Waals surface area contributed by atoms with E-state index in [2.05, 4.69) is 29.4 Å². The summed E-state index contributed by atoms with van der Waals surface area (Å²) in [4.78, 5) is 14.3. The minimum Gasteiger partial charge on any atom is -0.497 e. The second-order valence-corrected chi connectivity index (χ2v) is 5.18. The molecule has 1 amide bonds. The van der Waals surface area contributed by atoms with Crippen LogP contribution in [0.4, 0.5) is 0 Å². The number of hydrogen-bond acceptors (Lipinski definition) is 5. The van der Waals surface area contributed by atoms with Crippen LogP contribution < -0.4 is 15.4 Å². The van der Waals surface area contributed by atoms with Crippen LogP contribution in [0.25, 0.3) is 0 Å². The zero-order valence-corrected chi connectivity index (χ0v) is 14.6. The van der Waals surface area contributed by atoms with Crippen LogP contribution in [0.3, 0.4) is 0 Å². The van der Waals surface area contributed by atoms with E-state index in [1.54, 1.807) is 7.11 Å². The highest BCUT2D eigenvalue weighted by molar-refractivity contribution is 5.97. The Kier molecular flexibility index (Phi) is 9.02. The molecule has 1 rings (SSSR count). The molecule has 1 aromatic rings. The summed E-state index contributed by atoms with van der Waals surface area (Å²) in [6.07, 6.45) is 1.48. The first-order chi connectivity index (χ1) is 11.6. The second kappa shape index (κ2) is 11.1. The van der Waals surface area contributed by atoms with E-state index in [9.17, 15) is 4.79 Å². The van der Waals surface area contributed by atoms with Crippen LogP contribution in [0.1, 0.15) is 19.4 Å². The van der Waals surface area contributed by atoms with E-state index in [-0.39, 0.29) is 11.5 Å². The van der Waals surface area contributed by atoms with Gasteiger partial charge in [-0.3, -0.25) is 4.79 Å². The van der Waals surface area contributed by atoms with Crippen LogP contribution in [0.2, 0.25) is 0 Å². The summed E-state index contributed by atoms with van der Waals surface area (Å²) in [6, 6.07) is 9.33. The summed E-state index contributed by atoms with van der Waals surface area (Å²) in [5.41, 5.74) is 1.01. The third-order valence-electron chi connectivity index (χ3n) is 3.69. The number of nitrogens with one attached hydrogen (secondary N) is 2. The molecule has 0 atom stereocenters. The molecule has 2 N–H and O–H groups in total. The molecular formula is C18H26N4O2. The number of rotatable bonds is 10. The van der Waals surface area contributed by atoms with Gasteiger partial charge in [0, 0.05) is 25.8 Å². The normalized spacial score (nSPS) is 11.0. The number of hydrogen-bond donors (Lipinski definition) is 2. The van der Waals surface area contributed by atoms with Crippen LogP contribution in [-0.2, 0) is 11.3 Å². The van der Waals surface area contributed by atoms with Crippen molar-refractivity contribution in [1.29, 1.82) is 5.26 Å². The topological polar surface area (TPSA) is 77.4 Å². The van der Waals surface area contributed by atoms with Gasteiger partial charge in [-0.2, -0.15) is 5.26 Å². The summed E-state index contributed by atoms with van der Waals surface area (Å²) in [6.45, 7) is 8.10. The highest BCUT2D eigenvalue weighted by Crippen LogP contribution is 2.11. The Morgan fingerprint density at radius 1 is 1.29 bits per heavy atom. The monoisotopic (exact) mass is 330 g/mol. The predicted molar refractivity (Wildman–Crippen MR) is 94.3 cm³/mol. The fraction of sp³-hybridized carbons (Fsp3) is 0.444. The van der Waals surface area contributed by atoms with E-state index in [1.807, 2.05) is 30.3 Å². The van der Waals surface area contributed by atoms with Crippen molar-refractivity contribution in [2.45, 2.75) is 20.4 Å². The number of benzene rings is 1. The van der Waals surface area contributed by atoms with E-state index in [0.29, 0.717) is 13.1 Å². The van der Waals surface area contributed by atoms with Gasteiger partial charge in [-0.15, -0.1) is 0 Å². The van der Waals surface area contributed by atoms with Crippen molar-refractivity contribution >= 4 is 5.91 Å². The van der Waals surface area contributed by atoms with E-state index in [0.717, 1.165) is 30.9 Å². The highest BCUT2D eigenvalue weighted by Gasteiger charge is 2.08. The van der Waals surface area contributed by atoms with Crippen molar-refractivity contribution in [2.75, 3.05) is 33.3 Å². The smallest absolute Gasteiger partial charge is 0.263 e.